The monoisotopic (exact) mass is 284 g/mol. The minimum absolute atomic E-state index is 0.00771. The van der Waals surface area contributed by atoms with Gasteiger partial charge in [-0.15, -0.1) is 0 Å². The third-order valence-electron chi connectivity index (χ3n) is 3.62. The SMILES string of the molecule is CC(=O)Oc1ccc2c(c1)C(=O)CC2c1ccc(F)cc1. The Hall–Kier alpha value is -2.49. The summed E-state index contributed by atoms with van der Waals surface area (Å²) in [6.45, 7) is 1.32. The Bertz CT molecular complexity index is 719. The molecule has 0 aromatic heterocycles. The number of ether oxygens (including phenoxy) is 1. The molecule has 0 spiro atoms. The largest absolute Gasteiger partial charge is 0.427 e. The van der Waals surface area contributed by atoms with Crippen LogP contribution in [0.5, 0.6) is 5.75 Å². The van der Waals surface area contributed by atoms with E-state index < -0.39 is 5.97 Å². The molecule has 0 bridgehead atoms. The van der Waals surface area contributed by atoms with Gasteiger partial charge in [0.25, 0.3) is 0 Å². The van der Waals surface area contributed by atoms with Crippen LogP contribution in [0.3, 0.4) is 0 Å². The molecule has 0 N–H and O–H groups in total. The molecule has 2 aromatic rings. The number of halogens is 1. The van der Waals surface area contributed by atoms with Crippen LogP contribution >= 0.6 is 0 Å². The average Bonchev–Trinajstić information content (AvgIpc) is 2.76. The second-order valence-electron chi connectivity index (χ2n) is 5.07. The molecule has 2 aromatic carbocycles. The second kappa shape index (κ2) is 5.13. The Labute approximate surface area is 121 Å². The van der Waals surface area contributed by atoms with Gasteiger partial charge in [-0.05, 0) is 35.4 Å². The molecule has 0 radical (unpaired) electrons. The van der Waals surface area contributed by atoms with Crippen LogP contribution in [0, 0.1) is 5.82 Å². The van der Waals surface area contributed by atoms with Crippen LogP contribution in [0.2, 0.25) is 0 Å². The van der Waals surface area contributed by atoms with Gasteiger partial charge in [0.05, 0.1) is 0 Å². The predicted molar refractivity (Wildman–Crippen MR) is 74.9 cm³/mol. The summed E-state index contributed by atoms with van der Waals surface area (Å²) in [6.07, 6.45) is 0.352. The first kappa shape index (κ1) is 13.5. The lowest BCUT2D eigenvalue weighted by atomic mass is 9.93. The number of rotatable bonds is 2. The van der Waals surface area contributed by atoms with E-state index in [1.54, 1.807) is 30.3 Å². The quantitative estimate of drug-likeness (QED) is 0.626. The van der Waals surface area contributed by atoms with E-state index in [0.717, 1.165) is 11.1 Å². The van der Waals surface area contributed by atoms with Crippen molar-refractivity contribution in [3.63, 3.8) is 0 Å². The van der Waals surface area contributed by atoms with Gasteiger partial charge in [-0.3, -0.25) is 9.59 Å². The molecule has 3 rings (SSSR count). The van der Waals surface area contributed by atoms with E-state index in [9.17, 15) is 14.0 Å². The van der Waals surface area contributed by atoms with Gasteiger partial charge in [0.2, 0.25) is 0 Å². The molecule has 21 heavy (non-hydrogen) atoms. The van der Waals surface area contributed by atoms with E-state index in [-0.39, 0.29) is 17.5 Å². The Morgan fingerprint density at radius 3 is 2.57 bits per heavy atom. The van der Waals surface area contributed by atoms with Gasteiger partial charge < -0.3 is 4.74 Å². The molecule has 0 heterocycles. The lowest BCUT2D eigenvalue weighted by molar-refractivity contribution is -0.131. The highest BCUT2D eigenvalue weighted by molar-refractivity contribution is 6.02. The summed E-state index contributed by atoms with van der Waals surface area (Å²) < 4.78 is 18.0. The Balaban J connectivity index is 1.98. The first-order valence-corrected chi connectivity index (χ1v) is 6.65. The van der Waals surface area contributed by atoms with E-state index in [2.05, 4.69) is 0 Å². The summed E-state index contributed by atoms with van der Waals surface area (Å²) in [5, 5.41) is 0. The molecule has 1 unspecified atom stereocenters. The molecule has 0 aliphatic heterocycles. The fourth-order valence-corrected chi connectivity index (χ4v) is 2.71. The van der Waals surface area contributed by atoms with Gasteiger partial charge in [0, 0.05) is 24.8 Å². The molecular formula is C17H13FO3. The summed E-state index contributed by atoms with van der Waals surface area (Å²) in [7, 11) is 0. The van der Waals surface area contributed by atoms with Gasteiger partial charge in [-0.25, -0.2) is 4.39 Å². The summed E-state index contributed by atoms with van der Waals surface area (Å²) in [4.78, 5) is 23.1. The summed E-state index contributed by atoms with van der Waals surface area (Å²) in [6, 6.07) is 11.3. The number of ketones is 1. The fraction of sp³-hybridized carbons (Fsp3) is 0.176. The minimum atomic E-state index is -0.421. The van der Waals surface area contributed by atoms with Crippen molar-refractivity contribution in [1.82, 2.24) is 0 Å². The lowest BCUT2D eigenvalue weighted by Gasteiger charge is -2.11. The molecule has 4 heteroatoms. The van der Waals surface area contributed by atoms with Gasteiger partial charge >= 0.3 is 5.97 Å². The maximum atomic E-state index is 13.0. The molecular weight excluding hydrogens is 271 g/mol. The maximum Gasteiger partial charge on any atom is 0.308 e. The van der Waals surface area contributed by atoms with Crippen LogP contribution in [0.25, 0.3) is 0 Å². The summed E-state index contributed by atoms with van der Waals surface area (Å²) >= 11 is 0. The normalized spacial score (nSPS) is 16.7. The van der Waals surface area contributed by atoms with E-state index in [1.165, 1.54) is 19.1 Å². The van der Waals surface area contributed by atoms with Gasteiger partial charge in [-0.1, -0.05) is 18.2 Å². The average molecular weight is 284 g/mol. The van der Waals surface area contributed by atoms with Gasteiger partial charge in [0.1, 0.15) is 11.6 Å². The molecule has 106 valence electrons. The zero-order valence-corrected chi connectivity index (χ0v) is 11.4. The summed E-state index contributed by atoms with van der Waals surface area (Å²) in [5.41, 5.74) is 2.37. The van der Waals surface area contributed by atoms with Crippen molar-refractivity contribution in [3.8, 4) is 5.75 Å². The van der Waals surface area contributed by atoms with Crippen molar-refractivity contribution >= 4 is 11.8 Å². The molecule has 0 saturated heterocycles. The van der Waals surface area contributed by atoms with Gasteiger partial charge in [0.15, 0.2) is 5.78 Å². The Morgan fingerprint density at radius 1 is 1.19 bits per heavy atom. The lowest BCUT2D eigenvalue weighted by Crippen LogP contribution is -2.02. The Morgan fingerprint density at radius 2 is 1.90 bits per heavy atom. The standard InChI is InChI=1S/C17H13FO3/c1-10(19)21-13-6-7-14-15(9-17(20)16(14)8-13)11-2-4-12(18)5-3-11/h2-8,15H,9H2,1H3. The number of esters is 1. The number of carbonyl (C=O) groups is 2. The van der Waals surface area contributed by atoms with Crippen LogP contribution < -0.4 is 4.74 Å². The van der Waals surface area contributed by atoms with Crippen molar-refractivity contribution in [1.29, 1.82) is 0 Å². The molecule has 1 aliphatic rings. The maximum absolute atomic E-state index is 13.0. The van der Waals surface area contributed by atoms with Crippen molar-refractivity contribution in [2.75, 3.05) is 0 Å². The Kier molecular flexibility index (Phi) is 3.29. The van der Waals surface area contributed by atoms with Crippen molar-refractivity contribution in [2.24, 2.45) is 0 Å². The molecule has 0 amide bonds. The molecule has 3 nitrogen and oxygen atoms in total. The number of carbonyl (C=O) groups excluding carboxylic acids is 2. The van der Waals surface area contributed by atoms with Crippen LogP contribution in [0.15, 0.2) is 42.5 Å². The first-order valence-electron chi connectivity index (χ1n) is 6.65. The highest BCUT2D eigenvalue weighted by atomic mass is 19.1. The van der Waals surface area contributed by atoms with Crippen LogP contribution in [0.4, 0.5) is 4.39 Å². The second-order valence-corrected chi connectivity index (χ2v) is 5.07. The molecule has 1 atom stereocenters. The zero-order chi connectivity index (χ0) is 15.0. The van der Waals surface area contributed by atoms with Crippen molar-refractivity contribution in [2.45, 2.75) is 19.3 Å². The van der Waals surface area contributed by atoms with E-state index in [1.807, 2.05) is 0 Å². The minimum Gasteiger partial charge on any atom is -0.427 e. The number of hydrogen-bond acceptors (Lipinski definition) is 3. The molecule has 0 fully saturated rings. The van der Waals surface area contributed by atoms with Crippen LogP contribution in [0.1, 0.15) is 40.7 Å². The number of benzene rings is 2. The van der Waals surface area contributed by atoms with E-state index in [0.29, 0.717) is 17.7 Å². The van der Waals surface area contributed by atoms with E-state index in [4.69, 9.17) is 4.74 Å². The van der Waals surface area contributed by atoms with Crippen LogP contribution in [-0.4, -0.2) is 11.8 Å². The first-order chi connectivity index (χ1) is 10.0. The molecule has 0 saturated carbocycles. The van der Waals surface area contributed by atoms with Crippen molar-refractivity contribution in [3.05, 3.63) is 65.0 Å². The number of fused-ring (bicyclic) bond motifs is 1. The van der Waals surface area contributed by atoms with E-state index >= 15 is 0 Å². The third kappa shape index (κ3) is 2.57. The number of Topliss-reactive ketones (excluding diaryl/α,β-unsaturated/α-hetero) is 1. The number of hydrogen-bond donors (Lipinski definition) is 0. The third-order valence-corrected chi connectivity index (χ3v) is 3.62. The predicted octanol–water partition coefficient (Wildman–Crippen LogP) is 3.47. The van der Waals surface area contributed by atoms with Crippen molar-refractivity contribution < 1.29 is 18.7 Å². The summed E-state index contributed by atoms with van der Waals surface area (Å²) in [5.74, 6) is -0.411. The highest BCUT2D eigenvalue weighted by Crippen LogP contribution is 2.39. The highest BCUT2D eigenvalue weighted by Gasteiger charge is 2.30. The smallest absolute Gasteiger partial charge is 0.308 e. The van der Waals surface area contributed by atoms with Gasteiger partial charge in [-0.2, -0.15) is 0 Å². The zero-order valence-electron chi connectivity index (χ0n) is 11.4. The molecule has 1 aliphatic carbocycles. The fourth-order valence-electron chi connectivity index (χ4n) is 2.71. The van der Waals surface area contributed by atoms with Crippen LogP contribution in [-0.2, 0) is 4.79 Å². The topological polar surface area (TPSA) is 43.4 Å².